The third-order valence-electron chi connectivity index (χ3n) is 4.92. The molecule has 1 unspecified atom stereocenters. The Morgan fingerprint density at radius 3 is 2.75 bits per heavy atom. The van der Waals surface area contributed by atoms with Gasteiger partial charge in [0.1, 0.15) is 0 Å². The summed E-state index contributed by atoms with van der Waals surface area (Å²) in [5.41, 5.74) is 2.33. The van der Waals surface area contributed by atoms with Gasteiger partial charge < -0.3 is 15.0 Å². The number of fused-ring (bicyclic) bond motifs is 2. The lowest BCUT2D eigenvalue weighted by molar-refractivity contribution is -0.144. The summed E-state index contributed by atoms with van der Waals surface area (Å²) < 4.78 is 5.79. The molecule has 1 N–H and O–H groups in total. The molecule has 2 saturated heterocycles. The van der Waals surface area contributed by atoms with Crippen LogP contribution in [0.2, 0.25) is 0 Å². The quantitative estimate of drug-likeness (QED) is 0.828. The molecule has 2 fully saturated rings. The fraction of sp³-hybridized carbons (Fsp3) is 0.562. The van der Waals surface area contributed by atoms with Crippen LogP contribution in [0.4, 0.5) is 0 Å². The number of nitrogens with zero attached hydrogens (tertiary/aromatic N) is 1. The second kappa shape index (κ2) is 4.86. The monoisotopic (exact) mass is 272 g/mol. The topological polar surface area (TPSA) is 41.6 Å². The molecular formula is C16H20N2O2. The van der Waals surface area contributed by atoms with Crippen molar-refractivity contribution in [2.24, 2.45) is 11.8 Å². The highest BCUT2D eigenvalue weighted by Crippen LogP contribution is 2.32. The van der Waals surface area contributed by atoms with Crippen LogP contribution >= 0.6 is 0 Å². The van der Waals surface area contributed by atoms with Crippen molar-refractivity contribution >= 4 is 5.91 Å². The maximum absolute atomic E-state index is 12.8. The zero-order valence-corrected chi connectivity index (χ0v) is 11.5. The van der Waals surface area contributed by atoms with Crippen LogP contribution < -0.4 is 5.32 Å². The maximum atomic E-state index is 12.8. The Labute approximate surface area is 119 Å². The van der Waals surface area contributed by atoms with Gasteiger partial charge in [0, 0.05) is 26.2 Å². The number of hydrogen-bond acceptors (Lipinski definition) is 3. The second-order valence-corrected chi connectivity index (χ2v) is 6.12. The largest absolute Gasteiger partial charge is 0.363 e. The molecule has 1 amide bonds. The fourth-order valence-corrected chi connectivity index (χ4v) is 3.80. The summed E-state index contributed by atoms with van der Waals surface area (Å²) in [6.07, 6.45) is 0.529. The van der Waals surface area contributed by atoms with Gasteiger partial charge in [-0.05, 0) is 29.4 Å². The van der Waals surface area contributed by atoms with Crippen LogP contribution in [0.25, 0.3) is 0 Å². The van der Waals surface area contributed by atoms with E-state index in [0.717, 1.165) is 38.2 Å². The van der Waals surface area contributed by atoms with Gasteiger partial charge in [0.15, 0.2) is 6.10 Å². The predicted octanol–water partition coefficient (Wildman–Crippen LogP) is 0.978. The third-order valence-corrected chi connectivity index (χ3v) is 4.92. The van der Waals surface area contributed by atoms with Gasteiger partial charge in [-0.3, -0.25) is 4.79 Å². The number of rotatable bonds is 1. The van der Waals surface area contributed by atoms with Gasteiger partial charge >= 0.3 is 0 Å². The molecule has 0 spiro atoms. The summed E-state index contributed by atoms with van der Waals surface area (Å²) in [7, 11) is 0. The maximum Gasteiger partial charge on any atom is 0.256 e. The number of ether oxygens (including phenoxy) is 1. The van der Waals surface area contributed by atoms with Crippen LogP contribution in [0.5, 0.6) is 0 Å². The first-order chi connectivity index (χ1) is 9.83. The van der Waals surface area contributed by atoms with Crippen LogP contribution in [0.15, 0.2) is 24.3 Å². The average Bonchev–Trinajstić information content (AvgIpc) is 3.07. The van der Waals surface area contributed by atoms with Gasteiger partial charge in [0.2, 0.25) is 0 Å². The van der Waals surface area contributed by atoms with Gasteiger partial charge in [-0.15, -0.1) is 0 Å². The number of likely N-dealkylation sites (tertiary alicyclic amines) is 1. The lowest BCUT2D eigenvalue weighted by atomic mass is 9.97. The first-order valence-electron chi connectivity index (χ1n) is 7.52. The molecule has 0 aliphatic carbocycles. The molecule has 3 aliphatic heterocycles. The smallest absolute Gasteiger partial charge is 0.256 e. The number of benzene rings is 1. The number of amides is 1. The van der Waals surface area contributed by atoms with Crippen molar-refractivity contribution in [3.8, 4) is 0 Å². The average molecular weight is 272 g/mol. The molecule has 1 aromatic rings. The molecule has 106 valence electrons. The molecule has 3 aliphatic rings. The van der Waals surface area contributed by atoms with Crippen molar-refractivity contribution in [1.29, 1.82) is 0 Å². The Kier molecular flexibility index (Phi) is 3.00. The number of carbonyl (C=O) groups is 1. The van der Waals surface area contributed by atoms with E-state index in [4.69, 9.17) is 4.74 Å². The van der Waals surface area contributed by atoms with Crippen LogP contribution in [0.3, 0.4) is 0 Å². The summed E-state index contributed by atoms with van der Waals surface area (Å²) >= 11 is 0. The Morgan fingerprint density at radius 2 is 1.95 bits per heavy atom. The second-order valence-electron chi connectivity index (χ2n) is 6.12. The number of nitrogens with one attached hydrogen (secondary N) is 1. The molecule has 0 saturated carbocycles. The molecule has 0 aromatic heterocycles. The molecule has 4 nitrogen and oxygen atoms in total. The van der Waals surface area contributed by atoms with Gasteiger partial charge in [-0.25, -0.2) is 0 Å². The van der Waals surface area contributed by atoms with Crippen LogP contribution in [-0.4, -0.2) is 43.6 Å². The predicted molar refractivity (Wildman–Crippen MR) is 75.3 cm³/mol. The van der Waals surface area contributed by atoms with E-state index in [9.17, 15) is 4.79 Å². The van der Waals surface area contributed by atoms with Crippen molar-refractivity contribution in [3.63, 3.8) is 0 Å². The van der Waals surface area contributed by atoms with E-state index in [-0.39, 0.29) is 12.0 Å². The molecule has 3 atom stereocenters. The normalized spacial score (nSPS) is 32.0. The van der Waals surface area contributed by atoms with E-state index in [1.807, 2.05) is 23.1 Å². The SMILES string of the molecule is O=C(C1OCCc2ccccc21)N1C[C@H]2CNC[C@H]2C1. The zero-order chi connectivity index (χ0) is 13.5. The molecule has 4 rings (SSSR count). The van der Waals surface area contributed by atoms with E-state index >= 15 is 0 Å². The van der Waals surface area contributed by atoms with Gasteiger partial charge in [0.25, 0.3) is 5.91 Å². The van der Waals surface area contributed by atoms with Crippen molar-refractivity contribution in [2.75, 3.05) is 32.8 Å². The van der Waals surface area contributed by atoms with E-state index in [0.29, 0.717) is 18.4 Å². The Bertz CT molecular complexity index is 519. The third kappa shape index (κ3) is 1.95. The summed E-state index contributed by atoms with van der Waals surface area (Å²) in [4.78, 5) is 14.8. The first-order valence-corrected chi connectivity index (χ1v) is 7.52. The summed E-state index contributed by atoms with van der Waals surface area (Å²) in [6.45, 7) is 4.53. The number of hydrogen-bond donors (Lipinski definition) is 1. The summed E-state index contributed by atoms with van der Waals surface area (Å²) in [5.74, 6) is 1.43. The first kappa shape index (κ1) is 12.4. The fourth-order valence-electron chi connectivity index (χ4n) is 3.80. The van der Waals surface area contributed by atoms with Crippen molar-refractivity contribution in [1.82, 2.24) is 10.2 Å². The molecule has 0 radical (unpaired) electrons. The van der Waals surface area contributed by atoms with Crippen molar-refractivity contribution in [2.45, 2.75) is 12.5 Å². The molecule has 0 bridgehead atoms. The lowest BCUT2D eigenvalue weighted by Crippen LogP contribution is -2.38. The minimum absolute atomic E-state index is 0.159. The highest BCUT2D eigenvalue weighted by atomic mass is 16.5. The summed E-state index contributed by atoms with van der Waals surface area (Å²) in [5, 5.41) is 3.41. The Morgan fingerprint density at radius 1 is 1.20 bits per heavy atom. The van der Waals surface area contributed by atoms with Gasteiger partial charge in [0.05, 0.1) is 6.61 Å². The van der Waals surface area contributed by atoms with E-state index in [1.54, 1.807) is 0 Å². The lowest BCUT2D eigenvalue weighted by Gasteiger charge is -2.29. The molecule has 1 aromatic carbocycles. The van der Waals surface area contributed by atoms with Crippen molar-refractivity contribution < 1.29 is 9.53 Å². The van der Waals surface area contributed by atoms with E-state index in [1.165, 1.54) is 5.56 Å². The minimum atomic E-state index is -0.383. The van der Waals surface area contributed by atoms with Crippen molar-refractivity contribution in [3.05, 3.63) is 35.4 Å². The van der Waals surface area contributed by atoms with Crippen LogP contribution in [-0.2, 0) is 16.0 Å². The standard InChI is InChI=1S/C16H20N2O2/c19-16(18-9-12-7-17-8-13(12)10-18)15-14-4-2-1-3-11(14)5-6-20-15/h1-4,12-13,15,17H,5-10H2/t12-,13+,15?. The highest BCUT2D eigenvalue weighted by Gasteiger charge is 2.41. The van der Waals surface area contributed by atoms with E-state index < -0.39 is 0 Å². The minimum Gasteiger partial charge on any atom is -0.363 e. The molecule has 20 heavy (non-hydrogen) atoms. The Balaban J connectivity index is 1.55. The van der Waals surface area contributed by atoms with Crippen LogP contribution in [0.1, 0.15) is 17.2 Å². The highest BCUT2D eigenvalue weighted by molar-refractivity contribution is 5.83. The van der Waals surface area contributed by atoms with Crippen LogP contribution in [0, 0.1) is 11.8 Å². The molecular weight excluding hydrogens is 252 g/mol. The zero-order valence-electron chi connectivity index (χ0n) is 11.5. The number of carbonyl (C=O) groups excluding carboxylic acids is 1. The van der Waals surface area contributed by atoms with Gasteiger partial charge in [-0.1, -0.05) is 24.3 Å². The molecule has 3 heterocycles. The summed E-state index contributed by atoms with van der Waals surface area (Å²) in [6, 6.07) is 8.18. The van der Waals surface area contributed by atoms with Gasteiger partial charge in [-0.2, -0.15) is 0 Å². The van der Waals surface area contributed by atoms with E-state index in [2.05, 4.69) is 11.4 Å². The molecule has 4 heteroatoms. The Hall–Kier alpha value is -1.39.